The van der Waals surface area contributed by atoms with Gasteiger partial charge in [0.05, 0.1) is 0 Å². The van der Waals surface area contributed by atoms with Gasteiger partial charge in [-0.25, -0.2) is 4.79 Å². The van der Waals surface area contributed by atoms with Crippen molar-refractivity contribution in [1.29, 1.82) is 0 Å². The number of carbonyl (C=O) groups is 1. The maximum Gasteiger partial charge on any atom is 0.319 e. The molecule has 0 bridgehead atoms. The maximum absolute atomic E-state index is 11.8. The van der Waals surface area contributed by atoms with Crippen molar-refractivity contribution in [2.75, 3.05) is 5.32 Å². The van der Waals surface area contributed by atoms with Gasteiger partial charge in [0, 0.05) is 22.5 Å². The zero-order chi connectivity index (χ0) is 12.4. The Morgan fingerprint density at radius 3 is 2.72 bits per heavy atom. The number of anilines is 1. The molecule has 2 atom stereocenters. The van der Waals surface area contributed by atoms with Crippen LogP contribution in [-0.4, -0.2) is 12.1 Å². The number of para-hydroxylation sites is 1. The Labute approximate surface area is 110 Å². The summed E-state index contributed by atoms with van der Waals surface area (Å²) >= 11 is 1.76. The summed E-state index contributed by atoms with van der Waals surface area (Å²) in [6.07, 6.45) is 1.04. The van der Waals surface area contributed by atoms with Crippen molar-refractivity contribution >= 4 is 23.1 Å². The lowest BCUT2D eigenvalue weighted by atomic mass is 10.3. The first-order valence-electron chi connectivity index (χ1n) is 5.99. The molecule has 0 spiro atoms. The molecule has 3 nitrogen and oxygen atoms in total. The molecule has 2 aromatic rings. The van der Waals surface area contributed by atoms with Crippen LogP contribution in [0.25, 0.3) is 0 Å². The van der Waals surface area contributed by atoms with Gasteiger partial charge in [-0.2, -0.15) is 0 Å². The minimum absolute atomic E-state index is 0.120. The highest BCUT2D eigenvalue weighted by Gasteiger charge is 2.40. The van der Waals surface area contributed by atoms with E-state index in [1.165, 1.54) is 4.88 Å². The van der Waals surface area contributed by atoms with Crippen LogP contribution in [0, 0.1) is 0 Å². The van der Waals surface area contributed by atoms with Crippen molar-refractivity contribution in [3.8, 4) is 0 Å². The third-order valence-electron chi connectivity index (χ3n) is 3.05. The van der Waals surface area contributed by atoms with Gasteiger partial charge in [0.2, 0.25) is 0 Å². The second-order valence-corrected chi connectivity index (χ2v) is 5.41. The van der Waals surface area contributed by atoms with E-state index in [0.717, 1.165) is 12.1 Å². The number of benzene rings is 1. The van der Waals surface area contributed by atoms with Crippen LogP contribution in [0.3, 0.4) is 0 Å². The fourth-order valence-electron chi connectivity index (χ4n) is 2.03. The van der Waals surface area contributed by atoms with Crippen LogP contribution in [0.1, 0.15) is 17.2 Å². The second kappa shape index (κ2) is 4.82. The van der Waals surface area contributed by atoms with Gasteiger partial charge in [-0.05, 0) is 30.0 Å². The molecule has 1 aromatic heterocycles. The summed E-state index contributed by atoms with van der Waals surface area (Å²) in [7, 11) is 0. The SMILES string of the molecule is O=C(Nc1ccccc1)NC1CC1c1cccs1. The van der Waals surface area contributed by atoms with Crippen LogP contribution in [-0.2, 0) is 0 Å². The molecule has 0 radical (unpaired) electrons. The van der Waals surface area contributed by atoms with E-state index < -0.39 is 0 Å². The Bertz CT molecular complexity index is 524. The van der Waals surface area contributed by atoms with Crippen LogP contribution in [0.15, 0.2) is 47.8 Å². The van der Waals surface area contributed by atoms with Crippen molar-refractivity contribution in [2.24, 2.45) is 0 Å². The minimum atomic E-state index is -0.120. The quantitative estimate of drug-likeness (QED) is 0.870. The predicted octanol–water partition coefficient (Wildman–Crippen LogP) is 3.43. The van der Waals surface area contributed by atoms with E-state index in [-0.39, 0.29) is 12.1 Å². The summed E-state index contributed by atoms with van der Waals surface area (Å²) in [6.45, 7) is 0. The van der Waals surface area contributed by atoms with Gasteiger partial charge < -0.3 is 10.6 Å². The van der Waals surface area contributed by atoms with Crippen LogP contribution in [0.2, 0.25) is 0 Å². The summed E-state index contributed by atoms with van der Waals surface area (Å²) in [5.41, 5.74) is 0.823. The second-order valence-electron chi connectivity index (χ2n) is 4.43. The van der Waals surface area contributed by atoms with Crippen LogP contribution in [0.4, 0.5) is 10.5 Å². The highest BCUT2D eigenvalue weighted by molar-refractivity contribution is 7.10. The fraction of sp³-hybridized carbons (Fsp3) is 0.214. The van der Waals surface area contributed by atoms with Crippen LogP contribution in [0.5, 0.6) is 0 Å². The summed E-state index contributed by atoms with van der Waals surface area (Å²) in [4.78, 5) is 13.1. The number of thiophene rings is 1. The molecule has 1 aliphatic carbocycles. The molecule has 1 aromatic carbocycles. The van der Waals surface area contributed by atoms with Crippen molar-refractivity contribution < 1.29 is 4.79 Å². The molecule has 2 unspecified atom stereocenters. The molecule has 1 saturated carbocycles. The highest BCUT2D eigenvalue weighted by atomic mass is 32.1. The normalized spacial score (nSPS) is 21.3. The van der Waals surface area contributed by atoms with E-state index in [9.17, 15) is 4.79 Å². The Hall–Kier alpha value is -1.81. The number of hydrogen-bond donors (Lipinski definition) is 2. The lowest BCUT2D eigenvalue weighted by Crippen LogP contribution is -2.31. The first-order chi connectivity index (χ1) is 8.83. The largest absolute Gasteiger partial charge is 0.334 e. The predicted molar refractivity (Wildman–Crippen MR) is 74.1 cm³/mol. The van der Waals surface area contributed by atoms with Gasteiger partial charge >= 0.3 is 6.03 Å². The number of nitrogens with one attached hydrogen (secondary N) is 2. The van der Waals surface area contributed by atoms with Gasteiger partial charge in [-0.15, -0.1) is 11.3 Å². The number of amides is 2. The van der Waals surface area contributed by atoms with Crippen molar-refractivity contribution in [3.05, 3.63) is 52.7 Å². The van der Waals surface area contributed by atoms with Crippen molar-refractivity contribution in [2.45, 2.75) is 18.4 Å². The molecular weight excluding hydrogens is 244 g/mol. The first kappa shape index (κ1) is 11.3. The number of hydrogen-bond acceptors (Lipinski definition) is 2. The van der Waals surface area contributed by atoms with Crippen LogP contribution >= 0.6 is 11.3 Å². The van der Waals surface area contributed by atoms with Gasteiger partial charge in [-0.3, -0.25) is 0 Å². The monoisotopic (exact) mass is 258 g/mol. The molecule has 2 N–H and O–H groups in total. The van der Waals surface area contributed by atoms with Gasteiger partial charge in [0.15, 0.2) is 0 Å². The van der Waals surface area contributed by atoms with Crippen molar-refractivity contribution in [3.63, 3.8) is 0 Å². The summed E-state index contributed by atoms with van der Waals surface area (Å²) in [6, 6.07) is 13.8. The Kier molecular flexibility index (Phi) is 3.02. The van der Waals surface area contributed by atoms with E-state index in [1.54, 1.807) is 11.3 Å². The molecule has 18 heavy (non-hydrogen) atoms. The van der Waals surface area contributed by atoms with Gasteiger partial charge in [0.1, 0.15) is 0 Å². The highest BCUT2D eigenvalue weighted by Crippen LogP contribution is 2.42. The zero-order valence-corrected chi connectivity index (χ0v) is 10.6. The molecule has 92 valence electrons. The average Bonchev–Trinajstić information content (AvgIpc) is 2.92. The Morgan fingerprint density at radius 2 is 2.00 bits per heavy atom. The minimum Gasteiger partial charge on any atom is -0.334 e. The van der Waals surface area contributed by atoms with E-state index in [0.29, 0.717) is 5.92 Å². The number of carbonyl (C=O) groups excluding carboxylic acids is 1. The zero-order valence-electron chi connectivity index (χ0n) is 9.80. The number of urea groups is 1. The third-order valence-corrected chi connectivity index (χ3v) is 4.05. The van der Waals surface area contributed by atoms with Crippen molar-refractivity contribution in [1.82, 2.24) is 5.32 Å². The molecule has 0 saturated heterocycles. The number of rotatable bonds is 3. The maximum atomic E-state index is 11.8. The molecule has 1 fully saturated rings. The first-order valence-corrected chi connectivity index (χ1v) is 6.87. The molecule has 0 aliphatic heterocycles. The summed E-state index contributed by atoms with van der Waals surface area (Å²) < 4.78 is 0. The smallest absolute Gasteiger partial charge is 0.319 e. The lowest BCUT2D eigenvalue weighted by molar-refractivity contribution is 0.251. The lowest BCUT2D eigenvalue weighted by Gasteiger charge is -2.06. The van der Waals surface area contributed by atoms with Crippen LogP contribution < -0.4 is 10.6 Å². The molecule has 1 aliphatic rings. The molecule has 1 heterocycles. The molecular formula is C14H14N2OS. The van der Waals surface area contributed by atoms with E-state index in [4.69, 9.17) is 0 Å². The average molecular weight is 258 g/mol. The molecule has 4 heteroatoms. The fourth-order valence-corrected chi connectivity index (χ4v) is 2.93. The van der Waals surface area contributed by atoms with Gasteiger partial charge in [0.25, 0.3) is 0 Å². The summed E-state index contributed by atoms with van der Waals surface area (Å²) in [5, 5.41) is 7.91. The Balaban J connectivity index is 1.51. The molecule has 3 rings (SSSR count). The van der Waals surface area contributed by atoms with E-state index >= 15 is 0 Å². The summed E-state index contributed by atoms with van der Waals surface area (Å²) in [5.74, 6) is 0.506. The third kappa shape index (κ3) is 2.54. The van der Waals surface area contributed by atoms with Gasteiger partial charge in [-0.1, -0.05) is 24.3 Å². The topological polar surface area (TPSA) is 41.1 Å². The Morgan fingerprint density at radius 1 is 1.17 bits per heavy atom. The standard InChI is InChI=1S/C14H14N2OS/c17-14(15-10-5-2-1-3-6-10)16-12-9-11(12)13-7-4-8-18-13/h1-8,11-12H,9H2,(H2,15,16,17). The molecule has 2 amide bonds. The van der Waals surface area contributed by atoms with E-state index in [2.05, 4.69) is 28.1 Å². The van der Waals surface area contributed by atoms with E-state index in [1.807, 2.05) is 30.3 Å².